The Hall–Kier alpha value is -1.38. The molecule has 0 saturated heterocycles. The van der Waals surface area contributed by atoms with Gasteiger partial charge in [0.1, 0.15) is 0 Å². The van der Waals surface area contributed by atoms with E-state index in [4.69, 9.17) is 0 Å². The number of rotatable bonds is 3. The van der Waals surface area contributed by atoms with Crippen molar-refractivity contribution in [3.63, 3.8) is 0 Å². The third kappa shape index (κ3) is 3.65. The van der Waals surface area contributed by atoms with Crippen LogP contribution in [0.3, 0.4) is 0 Å². The van der Waals surface area contributed by atoms with E-state index in [1.807, 2.05) is 32.2 Å². The van der Waals surface area contributed by atoms with Gasteiger partial charge in [0.05, 0.1) is 0 Å². The molecular formula is C13H20N2O. The molecule has 1 aromatic heterocycles. The van der Waals surface area contributed by atoms with E-state index in [0.29, 0.717) is 12.5 Å². The molecule has 1 heterocycles. The van der Waals surface area contributed by atoms with Gasteiger partial charge in [0.2, 0.25) is 5.91 Å². The zero-order chi connectivity index (χ0) is 12.0. The van der Waals surface area contributed by atoms with Crippen molar-refractivity contribution in [3.05, 3.63) is 29.6 Å². The maximum Gasteiger partial charge on any atom is 0.217 e. The molecule has 0 radical (unpaired) electrons. The highest BCUT2D eigenvalue weighted by atomic mass is 16.1. The monoisotopic (exact) mass is 220 g/mol. The molecule has 2 rings (SSSR count). The average molecular weight is 220 g/mol. The molecule has 0 bridgehead atoms. The van der Waals surface area contributed by atoms with Gasteiger partial charge in [0, 0.05) is 31.3 Å². The fourth-order valence-corrected chi connectivity index (χ4v) is 1.54. The second-order valence-electron chi connectivity index (χ2n) is 3.73. The van der Waals surface area contributed by atoms with Crippen LogP contribution in [0.2, 0.25) is 0 Å². The summed E-state index contributed by atoms with van der Waals surface area (Å²) in [4.78, 5) is 15.1. The summed E-state index contributed by atoms with van der Waals surface area (Å²) in [6, 6.07) is 3.96. The number of hydrogen-bond acceptors (Lipinski definition) is 2. The molecule has 1 aromatic rings. The van der Waals surface area contributed by atoms with Crippen molar-refractivity contribution in [1.29, 1.82) is 0 Å². The molecule has 1 aliphatic rings. The van der Waals surface area contributed by atoms with Crippen molar-refractivity contribution in [3.8, 4) is 0 Å². The minimum absolute atomic E-state index is 0.00981. The molecule has 0 atom stereocenters. The van der Waals surface area contributed by atoms with E-state index in [2.05, 4.69) is 10.3 Å². The maximum absolute atomic E-state index is 10.8. The standard InChI is InChI=1S/C11H14N2O.C2H6/c1-8(14)13-7-10-3-2-6-12-11(10)9-4-5-9;1-2/h2-3,6,9H,4-5,7H2,1H3,(H,13,14);1-2H3. The molecule has 1 N–H and O–H groups in total. The Morgan fingerprint density at radius 2 is 2.19 bits per heavy atom. The molecule has 1 saturated carbocycles. The van der Waals surface area contributed by atoms with Crippen LogP contribution in [-0.4, -0.2) is 10.9 Å². The minimum Gasteiger partial charge on any atom is -0.352 e. The summed E-state index contributed by atoms with van der Waals surface area (Å²) >= 11 is 0. The lowest BCUT2D eigenvalue weighted by Gasteiger charge is -2.07. The zero-order valence-electron chi connectivity index (χ0n) is 10.3. The Morgan fingerprint density at radius 3 is 2.75 bits per heavy atom. The fraction of sp³-hybridized carbons (Fsp3) is 0.538. The lowest BCUT2D eigenvalue weighted by Crippen LogP contribution is -2.20. The van der Waals surface area contributed by atoms with Gasteiger partial charge in [-0.1, -0.05) is 19.9 Å². The number of pyridine rings is 1. The predicted octanol–water partition coefficient (Wildman–Crippen LogP) is 2.62. The summed E-state index contributed by atoms with van der Waals surface area (Å²) in [5.41, 5.74) is 2.33. The van der Waals surface area contributed by atoms with E-state index < -0.39 is 0 Å². The largest absolute Gasteiger partial charge is 0.352 e. The predicted molar refractivity (Wildman–Crippen MR) is 65.1 cm³/mol. The smallest absolute Gasteiger partial charge is 0.217 e. The Balaban J connectivity index is 0.000000606. The fourth-order valence-electron chi connectivity index (χ4n) is 1.54. The first kappa shape index (κ1) is 12.7. The van der Waals surface area contributed by atoms with E-state index in [-0.39, 0.29) is 5.91 Å². The summed E-state index contributed by atoms with van der Waals surface area (Å²) in [6.45, 7) is 6.14. The molecule has 0 aromatic carbocycles. The number of hydrogen-bond donors (Lipinski definition) is 1. The number of aromatic nitrogens is 1. The molecule has 88 valence electrons. The quantitative estimate of drug-likeness (QED) is 0.850. The Labute approximate surface area is 97.3 Å². The molecule has 0 spiro atoms. The highest BCUT2D eigenvalue weighted by Crippen LogP contribution is 2.40. The van der Waals surface area contributed by atoms with Crippen LogP contribution in [-0.2, 0) is 11.3 Å². The topological polar surface area (TPSA) is 42.0 Å². The second kappa shape index (κ2) is 6.26. The van der Waals surface area contributed by atoms with Crippen LogP contribution in [0, 0.1) is 0 Å². The summed E-state index contributed by atoms with van der Waals surface area (Å²) in [5, 5.41) is 2.81. The normalized spacial score (nSPS) is 13.7. The maximum atomic E-state index is 10.8. The van der Waals surface area contributed by atoms with Crippen molar-refractivity contribution < 1.29 is 4.79 Å². The number of nitrogens with one attached hydrogen (secondary N) is 1. The van der Waals surface area contributed by atoms with Gasteiger partial charge in [-0.2, -0.15) is 0 Å². The lowest BCUT2D eigenvalue weighted by molar-refractivity contribution is -0.119. The first-order chi connectivity index (χ1) is 7.77. The number of amides is 1. The number of carbonyl (C=O) groups is 1. The van der Waals surface area contributed by atoms with E-state index >= 15 is 0 Å². The SMILES string of the molecule is CC.CC(=O)NCc1cccnc1C1CC1. The van der Waals surface area contributed by atoms with Gasteiger partial charge in [-0.25, -0.2) is 0 Å². The molecule has 1 aliphatic carbocycles. The summed E-state index contributed by atoms with van der Waals surface area (Å²) in [5.74, 6) is 0.649. The number of nitrogens with zero attached hydrogens (tertiary/aromatic N) is 1. The van der Waals surface area contributed by atoms with Crippen molar-refractivity contribution in [2.24, 2.45) is 0 Å². The van der Waals surface area contributed by atoms with Crippen LogP contribution in [0.15, 0.2) is 18.3 Å². The molecule has 1 amide bonds. The molecular weight excluding hydrogens is 200 g/mol. The molecule has 3 heteroatoms. The number of carbonyl (C=O) groups excluding carboxylic acids is 1. The molecule has 1 fully saturated rings. The Morgan fingerprint density at radius 1 is 1.50 bits per heavy atom. The van der Waals surface area contributed by atoms with Crippen molar-refractivity contribution >= 4 is 5.91 Å². The van der Waals surface area contributed by atoms with Crippen LogP contribution in [0.4, 0.5) is 0 Å². The minimum atomic E-state index is 0.00981. The van der Waals surface area contributed by atoms with Crippen molar-refractivity contribution in [2.75, 3.05) is 0 Å². The third-order valence-corrected chi connectivity index (χ3v) is 2.42. The molecule has 0 aliphatic heterocycles. The van der Waals surface area contributed by atoms with Crippen LogP contribution in [0.1, 0.15) is 50.8 Å². The van der Waals surface area contributed by atoms with Gasteiger partial charge >= 0.3 is 0 Å². The summed E-state index contributed by atoms with van der Waals surface area (Å²) < 4.78 is 0. The first-order valence-electron chi connectivity index (χ1n) is 5.95. The van der Waals surface area contributed by atoms with Gasteiger partial charge in [-0.3, -0.25) is 9.78 Å². The van der Waals surface area contributed by atoms with Crippen LogP contribution >= 0.6 is 0 Å². The van der Waals surface area contributed by atoms with Gasteiger partial charge < -0.3 is 5.32 Å². The molecule has 3 nitrogen and oxygen atoms in total. The van der Waals surface area contributed by atoms with Gasteiger partial charge in [0.25, 0.3) is 0 Å². The van der Waals surface area contributed by atoms with Gasteiger partial charge in [-0.15, -0.1) is 0 Å². The van der Waals surface area contributed by atoms with E-state index in [1.54, 1.807) is 0 Å². The Kier molecular flexibility index (Phi) is 4.96. The zero-order valence-corrected chi connectivity index (χ0v) is 10.3. The third-order valence-electron chi connectivity index (χ3n) is 2.42. The van der Waals surface area contributed by atoms with E-state index in [0.717, 1.165) is 5.56 Å². The van der Waals surface area contributed by atoms with Crippen LogP contribution in [0.25, 0.3) is 0 Å². The Bertz CT molecular complexity index is 346. The van der Waals surface area contributed by atoms with Crippen molar-refractivity contribution in [1.82, 2.24) is 10.3 Å². The van der Waals surface area contributed by atoms with Crippen LogP contribution in [0.5, 0.6) is 0 Å². The summed E-state index contributed by atoms with van der Waals surface area (Å²) in [6.07, 6.45) is 4.30. The molecule has 0 unspecified atom stereocenters. The highest BCUT2D eigenvalue weighted by Gasteiger charge is 2.26. The summed E-state index contributed by atoms with van der Waals surface area (Å²) in [7, 11) is 0. The van der Waals surface area contributed by atoms with Gasteiger partial charge in [-0.05, 0) is 24.5 Å². The lowest BCUT2D eigenvalue weighted by atomic mass is 10.1. The van der Waals surface area contributed by atoms with Crippen LogP contribution < -0.4 is 5.32 Å². The van der Waals surface area contributed by atoms with Crippen molar-refractivity contribution in [2.45, 2.75) is 46.1 Å². The highest BCUT2D eigenvalue weighted by molar-refractivity contribution is 5.72. The van der Waals surface area contributed by atoms with Gasteiger partial charge in [0.15, 0.2) is 0 Å². The van der Waals surface area contributed by atoms with E-state index in [1.165, 1.54) is 25.5 Å². The second-order valence-corrected chi connectivity index (χ2v) is 3.73. The molecule has 16 heavy (non-hydrogen) atoms. The first-order valence-corrected chi connectivity index (χ1v) is 5.95. The average Bonchev–Trinajstić information content (AvgIpc) is 3.13. The van der Waals surface area contributed by atoms with E-state index in [9.17, 15) is 4.79 Å².